The van der Waals surface area contributed by atoms with Gasteiger partial charge in [0.25, 0.3) is 0 Å². The molecule has 68 valence electrons. The molecule has 2 heteroatoms. The lowest BCUT2D eigenvalue weighted by atomic mass is 9.90. The van der Waals surface area contributed by atoms with Crippen molar-refractivity contribution in [2.45, 2.75) is 44.1 Å². The van der Waals surface area contributed by atoms with E-state index in [4.69, 9.17) is 0 Å². The molecule has 2 nitrogen and oxygen atoms in total. The van der Waals surface area contributed by atoms with Crippen molar-refractivity contribution >= 4 is 5.78 Å². The highest BCUT2D eigenvalue weighted by molar-refractivity contribution is 5.87. The van der Waals surface area contributed by atoms with Gasteiger partial charge < -0.3 is 5.11 Å². The molecule has 0 heterocycles. The van der Waals surface area contributed by atoms with E-state index in [1.165, 1.54) is 0 Å². The summed E-state index contributed by atoms with van der Waals surface area (Å²) in [7, 11) is 0. The molecular weight excluding hydrogens is 152 g/mol. The second-order valence-corrected chi connectivity index (χ2v) is 3.51. The van der Waals surface area contributed by atoms with E-state index in [-0.39, 0.29) is 5.78 Å². The molecule has 1 atom stereocenters. The fraction of sp³-hybridized carbons (Fsp3) is 0.700. The van der Waals surface area contributed by atoms with Gasteiger partial charge >= 0.3 is 0 Å². The van der Waals surface area contributed by atoms with Crippen molar-refractivity contribution in [1.29, 1.82) is 0 Å². The Labute approximate surface area is 73.3 Å². The summed E-state index contributed by atoms with van der Waals surface area (Å²) in [5.41, 5.74) is -1.09. The zero-order valence-corrected chi connectivity index (χ0v) is 7.38. The lowest BCUT2D eigenvalue weighted by molar-refractivity contribution is -0.137. The van der Waals surface area contributed by atoms with Crippen molar-refractivity contribution in [3.05, 3.63) is 12.7 Å². The monoisotopic (exact) mass is 168 g/mol. The highest BCUT2D eigenvalue weighted by Gasteiger charge is 2.34. The Bertz CT molecular complexity index is 186. The van der Waals surface area contributed by atoms with Crippen LogP contribution in [-0.4, -0.2) is 16.5 Å². The summed E-state index contributed by atoms with van der Waals surface area (Å²) >= 11 is 0. The van der Waals surface area contributed by atoms with Gasteiger partial charge in [-0.3, -0.25) is 4.79 Å². The van der Waals surface area contributed by atoms with Crippen LogP contribution in [0.4, 0.5) is 0 Å². The maximum absolute atomic E-state index is 11.4. The molecule has 1 aliphatic rings. The maximum atomic E-state index is 11.4. The quantitative estimate of drug-likeness (QED) is 0.504. The fourth-order valence-corrected chi connectivity index (χ4v) is 1.71. The molecule has 0 aromatic rings. The van der Waals surface area contributed by atoms with Gasteiger partial charge in [-0.2, -0.15) is 0 Å². The second kappa shape index (κ2) is 3.85. The van der Waals surface area contributed by atoms with E-state index in [2.05, 4.69) is 6.58 Å². The molecular formula is C10H16O2. The van der Waals surface area contributed by atoms with Crippen LogP contribution in [0.2, 0.25) is 0 Å². The number of carbonyl (C=O) groups excluding carboxylic acids is 1. The Hall–Kier alpha value is -0.630. The summed E-state index contributed by atoms with van der Waals surface area (Å²) < 4.78 is 0. The lowest BCUT2D eigenvalue weighted by Crippen LogP contribution is -2.36. The van der Waals surface area contributed by atoms with E-state index in [9.17, 15) is 9.90 Å². The first-order chi connectivity index (χ1) is 5.69. The minimum atomic E-state index is -1.09. The van der Waals surface area contributed by atoms with Gasteiger partial charge in [0.1, 0.15) is 5.60 Å². The molecule has 0 saturated heterocycles. The largest absolute Gasteiger partial charge is 0.382 e. The fourth-order valence-electron chi connectivity index (χ4n) is 1.71. The molecule has 0 amide bonds. The Kier molecular flexibility index (Phi) is 3.04. The smallest absolute Gasteiger partial charge is 0.164 e. The predicted molar refractivity (Wildman–Crippen MR) is 47.9 cm³/mol. The summed E-state index contributed by atoms with van der Waals surface area (Å²) in [6, 6.07) is 0. The molecule has 1 saturated carbocycles. The van der Waals surface area contributed by atoms with Crippen LogP contribution in [0.15, 0.2) is 12.7 Å². The van der Waals surface area contributed by atoms with Crippen LogP contribution in [0.3, 0.4) is 0 Å². The average Bonchev–Trinajstić information content (AvgIpc) is 2.17. The minimum Gasteiger partial charge on any atom is -0.382 e. The summed E-state index contributed by atoms with van der Waals surface area (Å²) in [6.07, 6.45) is 6.12. The summed E-state index contributed by atoms with van der Waals surface area (Å²) in [5, 5.41) is 9.90. The number of hydrogen-bond acceptors (Lipinski definition) is 2. The molecule has 0 radical (unpaired) electrons. The SMILES string of the molecule is C=CCC1(O)CCCCCC1=O. The van der Waals surface area contributed by atoms with Crippen LogP contribution in [0, 0.1) is 0 Å². The number of aliphatic hydroxyl groups is 1. The highest BCUT2D eigenvalue weighted by Crippen LogP contribution is 2.26. The van der Waals surface area contributed by atoms with Crippen molar-refractivity contribution < 1.29 is 9.90 Å². The zero-order valence-electron chi connectivity index (χ0n) is 7.38. The first kappa shape index (κ1) is 9.46. The Balaban J connectivity index is 2.68. The molecule has 0 bridgehead atoms. The van der Waals surface area contributed by atoms with E-state index >= 15 is 0 Å². The number of carbonyl (C=O) groups is 1. The van der Waals surface area contributed by atoms with Gasteiger partial charge in [0.2, 0.25) is 0 Å². The number of Topliss-reactive ketones (excluding diaryl/α,β-unsaturated/α-hetero) is 1. The van der Waals surface area contributed by atoms with Crippen LogP contribution in [0.1, 0.15) is 38.5 Å². The highest BCUT2D eigenvalue weighted by atomic mass is 16.3. The van der Waals surface area contributed by atoms with Gasteiger partial charge in [0.15, 0.2) is 5.78 Å². The number of rotatable bonds is 2. The van der Waals surface area contributed by atoms with Crippen LogP contribution < -0.4 is 0 Å². The van der Waals surface area contributed by atoms with E-state index < -0.39 is 5.60 Å². The molecule has 0 aliphatic heterocycles. The first-order valence-electron chi connectivity index (χ1n) is 4.55. The van der Waals surface area contributed by atoms with Gasteiger partial charge in [-0.15, -0.1) is 6.58 Å². The van der Waals surface area contributed by atoms with Crippen LogP contribution >= 0.6 is 0 Å². The molecule has 1 unspecified atom stereocenters. The first-order valence-corrected chi connectivity index (χ1v) is 4.55. The summed E-state index contributed by atoms with van der Waals surface area (Å²) in [6.45, 7) is 3.55. The van der Waals surface area contributed by atoms with Crippen molar-refractivity contribution in [2.24, 2.45) is 0 Å². The van der Waals surface area contributed by atoms with Gasteiger partial charge in [0, 0.05) is 12.8 Å². The van der Waals surface area contributed by atoms with E-state index in [1.807, 2.05) is 0 Å². The Morgan fingerprint density at radius 3 is 2.92 bits per heavy atom. The topological polar surface area (TPSA) is 37.3 Å². The molecule has 1 fully saturated rings. The van der Waals surface area contributed by atoms with Crippen molar-refractivity contribution in [3.8, 4) is 0 Å². The van der Waals surface area contributed by atoms with Crippen molar-refractivity contribution in [2.75, 3.05) is 0 Å². The summed E-state index contributed by atoms with van der Waals surface area (Å²) in [5.74, 6) is -0.0000926. The van der Waals surface area contributed by atoms with Gasteiger partial charge in [-0.05, 0) is 12.8 Å². The van der Waals surface area contributed by atoms with Crippen LogP contribution in [0.25, 0.3) is 0 Å². The lowest BCUT2D eigenvalue weighted by Gasteiger charge is -2.22. The third-order valence-corrected chi connectivity index (χ3v) is 2.50. The van der Waals surface area contributed by atoms with Gasteiger partial charge in [-0.25, -0.2) is 0 Å². The normalized spacial score (nSPS) is 31.2. The van der Waals surface area contributed by atoms with E-state index in [0.29, 0.717) is 19.3 Å². The molecule has 0 aromatic carbocycles. The molecule has 1 aliphatic carbocycles. The molecule has 12 heavy (non-hydrogen) atoms. The van der Waals surface area contributed by atoms with Crippen molar-refractivity contribution in [1.82, 2.24) is 0 Å². The Morgan fingerprint density at radius 1 is 1.50 bits per heavy atom. The zero-order chi connectivity index (χ0) is 9.03. The van der Waals surface area contributed by atoms with Crippen LogP contribution in [-0.2, 0) is 4.79 Å². The molecule has 1 N–H and O–H groups in total. The van der Waals surface area contributed by atoms with E-state index in [0.717, 1.165) is 19.3 Å². The maximum Gasteiger partial charge on any atom is 0.164 e. The summed E-state index contributed by atoms with van der Waals surface area (Å²) in [4.78, 5) is 11.4. The number of hydrogen-bond donors (Lipinski definition) is 1. The standard InChI is InChI=1S/C10H16O2/c1-2-7-10(12)8-5-3-4-6-9(10)11/h2,12H,1,3-8H2. The minimum absolute atomic E-state index is 0.0000926. The molecule has 1 rings (SSSR count). The van der Waals surface area contributed by atoms with E-state index in [1.54, 1.807) is 6.08 Å². The third kappa shape index (κ3) is 1.95. The predicted octanol–water partition coefficient (Wildman–Crippen LogP) is 1.83. The van der Waals surface area contributed by atoms with Crippen LogP contribution in [0.5, 0.6) is 0 Å². The second-order valence-electron chi connectivity index (χ2n) is 3.51. The molecule has 0 aromatic heterocycles. The van der Waals surface area contributed by atoms with Gasteiger partial charge in [-0.1, -0.05) is 18.9 Å². The molecule has 0 spiro atoms. The van der Waals surface area contributed by atoms with Gasteiger partial charge in [0.05, 0.1) is 0 Å². The number of ketones is 1. The third-order valence-electron chi connectivity index (χ3n) is 2.50. The van der Waals surface area contributed by atoms with Crippen molar-refractivity contribution in [3.63, 3.8) is 0 Å². The average molecular weight is 168 g/mol. The Morgan fingerprint density at radius 2 is 2.25 bits per heavy atom.